The predicted octanol–water partition coefficient (Wildman–Crippen LogP) is 5.90. The fraction of sp³-hybridized carbons (Fsp3) is 0.519. The molecule has 0 bridgehead atoms. The number of piperidine rings is 1. The van der Waals surface area contributed by atoms with Crippen molar-refractivity contribution in [2.24, 2.45) is 11.8 Å². The van der Waals surface area contributed by atoms with E-state index >= 15 is 0 Å². The Labute approximate surface area is 189 Å². The second-order valence-corrected chi connectivity index (χ2v) is 7.64. The van der Waals surface area contributed by atoms with E-state index in [1.165, 1.54) is 12.7 Å². The summed E-state index contributed by atoms with van der Waals surface area (Å²) in [6.07, 6.45) is 1.73. The first-order chi connectivity index (χ1) is 15.1. The molecule has 1 fully saturated rings. The Bertz CT molecular complexity index is 747. The van der Waals surface area contributed by atoms with E-state index in [2.05, 4.69) is 30.0 Å². The molecule has 0 amide bonds. The van der Waals surface area contributed by atoms with E-state index in [-0.39, 0.29) is 11.9 Å². The number of ether oxygens (including phenoxy) is 1. The maximum atomic E-state index is 12.3. The van der Waals surface area contributed by atoms with E-state index in [4.69, 9.17) is 4.74 Å². The van der Waals surface area contributed by atoms with Crippen molar-refractivity contribution in [2.75, 3.05) is 26.7 Å². The van der Waals surface area contributed by atoms with Crippen LogP contribution >= 0.6 is 0 Å². The number of likely N-dealkylation sites (tertiary alicyclic amines) is 1. The summed E-state index contributed by atoms with van der Waals surface area (Å²) in [5.41, 5.74) is 2.37. The molecule has 31 heavy (non-hydrogen) atoms. The molecule has 1 aliphatic heterocycles. The molecule has 0 spiro atoms. The first-order valence-corrected chi connectivity index (χ1v) is 11.7. The van der Waals surface area contributed by atoms with Crippen molar-refractivity contribution in [3.63, 3.8) is 0 Å². The monoisotopic (exact) mass is 427 g/mol. The summed E-state index contributed by atoms with van der Waals surface area (Å²) in [4.78, 5) is 14.7. The number of carbonyl (C=O) groups excluding carboxylic acids is 1. The van der Waals surface area contributed by atoms with Crippen LogP contribution in [-0.4, -0.2) is 42.7 Å². The number of aromatic hydroxyl groups is 1. The highest BCUT2D eigenvalue weighted by Gasteiger charge is 2.30. The number of phenolic OH excluding ortho intramolecular Hbond substituents is 1. The van der Waals surface area contributed by atoms with Crippen molar-refractivity contribution < 1.29 is 14.6 Å². The lowest BCUT2D eigenvalue weighted by Gasteiger charge is -2.38. The van der Waals surface area contributed by atoms with Crippen molar-refractivity contribution >= 4 is 5.97 Å². The first-order valence-electron chi connectivity index (χ1n) is 11.7. The maximum absolute atomic E-state index is 12.3. The maximum Gasteiger partial charge on any atom is 0.310 e. The highest BCUT2D eigenvalue weighted by molar-refractivity contribution is 5.73. The van der Waals surface area contributed by atoms with Gasteiger partial charge in [-0.1, -0.05) is 77.1 Å². The van der Waals surface area contributed by atoms with Crippen molar-refractivity contribution in [3.05, 3.63) is 65.7 Å². The third-order valence-corrected chi connectivity index (χ3v) is 5.63. The van der Waals surface area contributed by atoms with Gasteiger partial charge in [-0.2, -0.15) is 0 Å². The summed E-state index contributed by atoms with van der Waals surface area (Å²) in [5, 5.41) is 9.77. The summed E-state index contributed by atoms with van der Waals surface area (Å²) in [6, 6.07) is 17.7. The lowest BCUT2D eigenvalue weighted by molar-refractivity contribution is -0.146. The highest BCUT2D eigenvalue weighted by atomic mass is 16.5. The van der Waals surface area contributed by atoms with Crippen LogP contribution in [-0.2, 0) is 16.0 Å². The predicted molar refractivity (Wildman–Crippen MR) is 129 cm³/mol. The Morgan fingerprint density at radius 2 is 1.77 bits per heavy atom. The minimum atomic E-state index is -0.151. The van der Waals surface area contributed by atoms with E-state index in [0.29, 0.717) is 24.0 Å². The molecule has 4 nitrogen and oxygen atoms in total. The molecule has 1 aliphatic rings. The molecule has 4 heteroatoms. The van der Waals surface area contributed by atoms with Crippen LogP contribution in [0.5, 0.6) is 5.75 Å². The molecule has 1 N–H and O–H groups in total. The molecule has 3 atom stereocenters. The van der Waals surface area contributed by atoms with Crippen LogP contribution in [0.15, 0.2) is 54.6 Å². The molecule has 1 heterocycles. The quantitative estimate of drug-likeness (QED) is 0.583. The van der Waals surface area contributed by atoms with Crippen molar-refractivity contribution in [3.8, 4) is 5.75 Å². The largest absolute Gasteiger partial charge is 0.508 e. The van der Waals surface area contributed by atoms with Gasteiger partial charge in [0.1, 0.15) is 5.75 Å². The molecule has 0 radical (unpaired) electrons. The van der Waals surface area contributed by atoms with Crippen LogP contribution in [0.4, 0.5) is 0 Å². The Kier molecular flexibility index (Phi) is 12.6. The molecule has 0 saturated carbocycles. The SMILES string of the molecule is CC.CC.COC(=O)C(Cc1ccccc1)CN1CCC(c2cccc(O)c2)C(C)C1. The lowest BCUT2D eigenvalue weighted by atomic mass is 9.81. The zero-order valence-corrected chi connectivity index (χ0v) is 20.2. The number of methoxy groups -OCH3 is 1. The van der Waals surface area contributed by atoms with Gasteiger partial charge in [-0.25, -0.2) is 0 Å². The van der Waals surface area contributed by atoms with Crippen LogP contribution in [0, 0.1) is 11.8 Å². The standard InChI is InChI=1S/C23H29NO3.2C2H6/c1-17-15-24(12-11-22(17)19-9-6-10-21(25)14-19)16-20(23(26)27-2)13-18-7-4-3-5-8-18;2*1-2/h3-10,14,17,20,22,25H,11-13,15-16H2,1-2H3;2*1-2H3. The van der Waals surface area contributed by atoms with Gasteiger partial charge in [-0.3, -0.25) is 4.79 Å². The fourth-order valence-corrected chi connectivity index (χ4v) is 4.25. The van der Waals surface area contributed by atoms with Gasteiger partial charge in [-0.15, -0.1) is 0 Å². The summed E-state index contributed by atoms with van der Waals surface area (Å²) < 4.78 is 5.06. The first kappa shape index (κ1) is 26.7. The molecule has 3 rings (SSSR count). The van der Waals surface area contributed by atoms with Crippen LogP contribution in [0.2, 0.25) is 0 Å². The zero-order valence-electron chi connectivity index (χ0n) is 20.2. The van der Waals surface area contributed by atoms with Gasteiger partial charge < -0.3 is 14.7 Å². The molecule has 172 valence electrons. The van der Waals surface area contributed by atoms with E-state index in [1.807, 2.05) is 58.0 Å². The van der Waals surface area contributed by atoms with Gasteiger partial charge in [0, 0.05) is 13.1 Å². The highest BCUT2D eigenvalue weighted by Crippen LogP contribution is 2.34. The molecule has 3 unspecified atom stereocenters. The average molecular weight is 428 g/mol. The van der Waals surface area contributed by atoms with Crippen molar-refractivity contribution in [1.82, 2.24) is 4.90 Å². The minimum absolute atomic E-state index is 0.137. The molecule has 0 aliphatic carbocycles. The van der Waals surface area contributed by atoms with Crippen LogP contribution in [0.25, 0.3) is 0 Å². The number of esters is 1. The van der Waals surface area contributed by atoms with E-state index in [0.717, 1.165) is 31.6 Å². The number of hydrogen-bond acceptors (Lipinski definition) is 4. The van der Waals surface area contributed by atoms with E-state index in [1.54, 1.807) is 6.07 Å². The zero-order chi connectivity index (χ0) is 23.2. The van der Waals surface area contributed by atoms with Gasteiger partial charge in [0.2, 0.25) is 0 Å². The van der Waals surface area contributed by atoms with Crippen molar-refractivity contribution in [1.29, 1.82) is 0 Å². The lowest BCUT2D eigenvalue weighted by Crippen LogP contribution is -2.43. The summed E-state index contributed by atoms with van der Waals surface area (Å²) in [5.74, 6) is 0.953. The molecule has 2 aromatic carbocycles. The van der Waals surface area contributed by atoms with Crippen molar-refractivity contribution in [2.45, 2.75) is 53.4 Å². The Balaban J connectivity index is 0.00000113. The smallest absolute Gasteiger partial charge is 0.310 e. The molecule has 1 saturated heterocycles. The topological polar surface area (TPSA) is 49.8 Å². The molecular weight excluding hydrogens is 386 g/mol. The second-order valence-electron chi connectivity index (χ2n) is 7.64. The van der Waals surface area contributed by atoms with Gasteiger partial charge >= 0.3 is 5.97 Å². The Morgan fingerprint density at radius 1 is 1.10 bits per heavy atom. The van der Waals surface area contributed by atoms with Crippen LogP contribution in [0.3, 0.4) is 0 Å². The number of phenols is 1. The second kappa shape index (κ2) is 14.6. The molecule has 0 aromatic heterocycles. The normalized spacial score (nSPS) is 19.2. The third kappa shape index (κ3) is 8.37. The summed E-state index contributed by atoms with van der Waals surface area (Å²) >= 11 is 0. The Morgan fingerprint density at radius 3 is 2.35 bits per heavy atom. The van der Waals surface area contributed by atoms with Crippen LogP contribution in [0.1, 0.15) is 58.1 Å². The average Bonchev–Trinajstić information content (AvgIpc) is 2.81. The minimum Gasteiger partial charge on any atom is -0.508 e. The molecule has 2 aromatic rings. The van der Waals surface area contributed by atoms with Gasteiger partial charge in [0.05, 0.1) is 13.0 Å². The summed E-state index contributed by atoms with van der Waals surface area (Å²) in [7, 11) is 1.47. The van der Waals surface area contributed by atoms with Gasteiger partial charge in [-0.05, 0) is 54.5 Å². The van der Waals surface area contributed by atoms with Gasteiger partial charge in [0.25, 0.3) is 0 Å². The van der Waals surface area contributed by atoms with Crippen LogP contribution < -0.4 is 0 Å². The number of carbonyl (C=O) groups is 1. The Hall–Kier alpha value is -2.33. The fourth-order valence-electron chi connectivity index (χ4n) is 4.25. The third-order valence-electron chi connectivity index (χ3n) is 5.63. The summed E-state index contributed by atoms with van der Waals surface area (Å²) in [6.45, 7) is 12.9. The number of rotatable bonds is 6. The number of nitrogens with zero attached hydrogens (tertiary/aromatic N) is 1. The van der Waals surface area contributed by atoms with E-state index in [9.17, 15) is 9.90 Å². The number of hydrogen-bond donors (Lipinski definition) is 1. The van der Waals surface area contributed by atoms with Gasteiger partial charge in [0.15, 0.2) is 0 Å². The van der Waals surface area contributed by atoms with E-state index < -0.39 is 0 Å². The molecular formula is C27H41NO3. The number of benzene rings is 2.